The third-order valence-corrected chi connectivity index (χ3v) is 6.13. The third kappa shape index (κ3) is 5.60. The molecule has 9 nitrogen and oxygen atoms in total. The Balaban J connectivity index is 1.71. The average molecular weight is 458 g/mol. The fourth-order valence-electron chi connectivity index (χ4n) is 4.37. The molecule has 1 fully saturated rings. The first-order chi connectivity index (χ1) is 15.7. The van der Waals surface area contributed by atoms with Crippen LogP contribution in [0.15, 0.2) is 24.3 Å². The van der Waals surface area contributed by atoms with Crippen molar-refractivity contribution in [1.82, 2.24) is 4.57 Å². The number of nitro benzene ring substituents is 1. The van der Waals surface area contributed by atoms with Gasteiger partial charge in [-0.3, -0.25) is 14.9 Å². The number of aromatic nitrogens is 1. The van der Waals surface area contributed by atoms with Crippen molar-refractivity contribution in [2.75, 3.05) is 38.3 Å². The number of Topliss-reactive ketones (excluding diaryl/α,β-unsaturated/α-hetero) is 1. The van der Waals surface area contributed by atoms with Gasteiger partial charge in [0.25, 0.3) is 5.69 Å². The van der Waals surface area contributed by atoms with Crippen LogP contribution in [-0.2, 0) is 16.0 Å². The molecule has 1 aromatic heterocycles. The standard InChI is InChI=1S/C24H31N3O6/c1-16-6-5-9-25(14-16)21-8-7-19(13-22(21)27(30)31)24(29)33-15-23(28)20-12-17(2)26(18(20)3)10-11-32-4/h7-8,12-13,16H,5-6,9-11,14-15H2,1-4H3/t16-/m1/s1. The zero-order valence-electron chi connectivity index (χ0n) is 19.6. The van der Waals surface area contributed by atoms with Crippen LogP contribution in [-0.4, -0.2) is 54.7 Å². The second-order valence-electron chi connectivity index (χ2n) is 8.58. The number of ether oxygens (including phenoxy) is 2. The monoisotopic (exact) mass is 457 g/mol. The molecule has 0 amide bonds. The maximum Gasteiger partial charge on any atom is 0.338 e. The summed E-state index contributed by atoms with van der Waals surface area (Å²) in [6, 6.07) is 6.11. The second kappa shape index (κ2) is 10.6. The van der Waals surface area contributed by atoms with Crippen molar-refractivity contribution in [2.24, 2.45) is 5.92 Å². The Morgan fingerprint density at radius 3 is 2.67 bits per heavy atom. The fourth-order valence-corrected chi connectivity index (χ4v) is 4.37. The van der Waals surface area contributed by atoms with Crippen molar-refractivity contribution in [3.63, 3.8) is 0 Å². The van der Waals surface area contributed by atoms with Crippen LogP contribution in [0.3, 0.4) is 0 Å². The highest BCUT2D eigenvalue weighted by Crippen LogP contribution is 2.32. The first kappa shape index (κ1) is 24.4. The lowest BCUT2D eigenvalue weighted by molar-refractivity contribution is -0.384. The number of aryl methyl sites for hydroxylation is 1. The second-order valence-corrected chi connectivity index (χ2v) is 8.58. The quantitative estimate of drug-likeness (QED) is 0.243. The van der Waals surface area contributed by atoms with Crippen LogP contribution < -0.4 is 4.90 Å². The molecule has 178 valence electrons. The summed E-state index contributed by atoms with van der Waals surface area (Å²) in [7, 11) is 1.61. The zero-order chi connectivity index (χ0) is 24.1. The first-order valence-electron chi connectivity index (χ1n) is 11.1. The number of nitro groups is 1. The molecule has 0 bridgehead atoms. The number of rotatable bonds is 9. The largest absolute Gasteiger partial charge is 0.454 e. The van der Waals surface area contributed by atoms with E-state index in [0.29, 0.717) is 30.3 Å². The van der Waals surface area contributed by atoms with Gasteiger partial charge < -0.3 is 18.9 Å². The van der Waals surface area contributed by atoms with Crippen LogP contribution in [0.2, 0.25) is 0 Å². The summed E-state index contributed by atoms with van der Waals surface area (Å²) in [6.45, 7) is 8.03. The minimum atomic E-state index is -0.766. The van der Waals surface area contributed by atoms with Crippen molar-refractivity contribution in [3.05, 3.63) is 56.9 Å². The highest BCUT2D eigenvalue weighted by molar-refractivity contribution is 6.00. The van der Waals surface area contributed by atoms with Crippen molar-refractivity contribution in [2.45, 2.75) is 40.2 Å². The number of methoxy groups -OCH3 is 1. The summed E-state index contributed by atoms with van der Waals surface area (Å²) < 4.78 is 12.3. The Bertz CT molecular complexity index is 1050. The van der Waals surface area contributed by atoms with E-state index in [1.165, 1.54) is 12.1 Å². The van der Waals surface area contributed by atoms with Crippen molar-refractivity contribution >= 4 is 23.1 Å². The predicted molar refractivity (Wildman–Crippen MR) is 124 cm³/mol. The van der Waals surface area contributed by atoms with Gasteiger partial charge in [-0.05, 0) is 50.8 Å². The van der Waals surface area contributed by atoms with Crippen molar-refractivity contribution < 1.29 is 24.0 Å². The third-order valence-electron chi connectivity index (χ3n) is 6.13. The van der Waals surface area contributed by atoms with Gasteiger partial charge in [0.1, 0.15) is 5.69 Å². The molecule has 2 aromatic rings. The fraction of sp³-hybridized carbons (Fsp3) is 0.500. The zero-order valence-corrected chi connectivity index (χ0v) is 19.6. The minimum absolute atomic E-state index is 0.0499. The van der Waals surface area contributed by atoms with E-state index >= 15 is 0 Å². The van der Waals surface area contributed by atoms with Crippen LogP contribution in [0.5, 0.6) is 0 Å². The van der Waals surface area contributed by atoms with Gasteiger partial charge >= 0.3 is 5.97 Å². The van der Waals surface area contributed by atoms with Crippen molar-refractivity contribution in [3.8, 4) is 0 Å². The van der Waals surface area contributed by atoms with Gasteiger partial charge in [0, 0.05) is 49.8 Å². The normalized spacial score (nSPS) is 16.0. The van der Waals surface area contributed by atoms with E-state index in [1.54, 1.807) is 19.2 Å². The summed E-state index contributed by atoms with van der Waals surface area (Å²) in [5, 5.41) is 11.7. The number of carbonyl (C=O) groups excluding carboxylic acids is 2. The van der Waals surface area contributed by atoms with Gasteiger partial charge in [0.05, 0.1) is 17.1 Å². The number of hydrogen-bond donors (Lipinski definition) is 0. The van der Waals surface area contributed by atoms with E-state index in [0.717, 1.165) is 37.3 Å². The molecule has 3 rings (SSSR count). The maximum absolute atomic E-state index is 12.7. The van der Waals surface area contributed by atoms with Crippen LogP contribution >= 0.6 is 0 Å². The smallest absolute Gasteiger partial charge is 0.338 e. The first-order valence-corrected chi connectivity index (χ1v) is 11.1. The lowest BCUT2D eigenvalue weighted by atomic mass is 9.99. The molecule has 1 saturated heterocycles. The SMILES string of the molecule is COCCn1c(C)cc(C(=O)COC(=O)c2ccc(N3CCC[C@@H](C)C3)c([N+](=O)[O-])c2)c1C. The van der Waals surface area contributed by atoms with E-state index in [2.05, 4.69) is 6.92 Å². The Hall–Kier alpha value is -3.20. The van der Waals surface area contributed by atoms with Gasteiger partial charge in [-0.15, -0.1) is 0 Å². The van der Waals surface area contributed by atoms with E-state index in [9.17, 15) is 19.7 Å². The van der Waals surface area contributed by atoms with Crippen LogP contribution in [0, 0.1) is 29.9 Å². The Morgan fingerprint density at radius 2 is 2.00 bits per heavy atom. The van der Waals surface area contributed by atoms with Crippen molar-refractivity contribution in [1.29, 1.82) is 0 Å². The number of ketones is 1. The molecule has 33 heavy (non-hydrogen) atoms. The number of esters is 1. The Morgan fingerprint density at radius 1 is 1.24 bits per heavy atom. The summed E-state index contributed by atoms with van der Waals surface area (Å²) in [4.78, 5) is 38.4. The lowest BCUT2D eigenvalue weighted by Gasteiger charge is -2.32. The van der Waals surface area contributed by atoms with Crippen LogP contribution in [0.25, 0.3) is 0 Å². The average Bonchev–Trinajstić information content (AvgIpc) is 3.08. The molecule has 9 heteroatoms. The molecule has 1 aliphatic heterocycles. The number of anilines is 1. The predicted octanol–water partition coefficient (Wildman–Crippen LogP) is 3.94. The topological polar surface area (TPSA) is 104 Å². The number of nitrogens with zero attached hydrogens (tertiary/aromatic N) is 3. The highest BCUT2D eigenvalue weighted by Gasteiger charge is 2.26. The van der Waals surface area contributed by atoms with Gasteiger partial charge in [0.2, 0.25) is 5.78 Å². The van der Waals surface area contributed by atoms with E-state index in [1.807, 2.05) is 23.3 Å². The van der Waals surface area contributed by atoms with Gasteiger partial charge in [-0.1, -0.05) is 6.92 Å². The van der Waals surface area contributed by atoms with Gasteiger partial charge in [0.15, 0.2) is 6.61 Å². The molecular formula is C24H31N3O6. The molecule has 0 saturated carbocycles. The molecule has 1 aromatic carbocycles. The summed E-state index contributed by atoms with van der Waals surface area (Å²) in [6.07, 6.45) is 2.06. The molecule has 1 aliphatic rings. The summed E-state index contributed by atoms with van der Waals surface area (Å²) in [5.41, 5.74) is 2.60. The number of benzene rings is 1. The molecule has 2 heterocycles. The van der Waals surface area contributed by atoms with E-state index < -0.39 is 17.5 Å². The highest BCUT2D eigenvalue weighted by atomic mass is 16.6. The van der Waals surface area contributed by atoms with Gasteiger partial charge in [-0.2, -0.15) is 0 Å². The molecular weight excluding hydrogens is 426 g/mol. The number of hydrogen-bond acceptors (Lipinski definition) is 7. The minimum Gasteiger partial charge on any atom is -0.454 e. The van der Waals surface area contributed by atoms with E-state index in [-0.39, 0.29) is 17.0 Å². The van der Waals surface area contributed by atoms with E-state index in [4.69, 9.17) is 9.47 Å². The molecule has 0 radical (unpaired) electrons. The molecule has 0 N–H and O–H groups in total. The molecule has 0 aliphatic carbocycles. The lowest BCUT2D eigenvalue weighted by Crippen LogP contribution is -2.34. The number of piperidine rings is 1. The maximum atomic E-state index is 12.7. The molecule has 0 spiro atoms. The Labute approximate surface area is 193 Å². The summed E-state index contributed by atoms with van der Waals surface area (Å²) >= 11 is 0. The van der Waals surface area contributed by atoms with Crippen LogP contribution in [0.4, 0.5) is 11.4 Å². The molecule has 1 atom stereocenters. The Kier molecular flexibility index (Phi) is 7.86. The van der Waals surface area contributed by atoms with Gasteiger partial charge in [-0.25, -0.2) is 4.79 Å². The number of carbonyl (C=O) groups is 2. The summed E-state index contributed by atoms with van der Waals surface area (Å²) in [5.74, 6) is -0.641. The van der Waals surface area contributed by atoms with Crippen LogP contribution in [0.1, 0.15) is 51.9 Å². The molecule has 0 unspecified atom stereocenters.